The molecule has 27 heavy (non-hydrogen) atoms. The van der Waals surface area contributed by atoms with E-state index in [1.807, 2.05) is 6.07 Å². The number of unbranched alkanes of at least 4 members (excludes halogenated alkanes) is 1. The van der Waals surface area contributed by atoms with Gasteiger partial charge in [0.1, 0.15) is 18.5 Å². The third-order valence-electron chi connectivity index (χ3n) is 4.95. The number of rotatable bonds is 5. The van der Waals surface area contributed by atoms with Gasteiger partial charge < -0.3 is 14.8 Å². The van der Waals surface area contributed by atoms with Crippen molar-refractivity contribution >= 4 is 5.91 Å². The first-order valence-electron chi connectivity index (χ1n) is 9.37. The average molecular weight is 366 g/mol. The molecule has 1 N–H and O–H groups in total. The van der Waals surface area contributed by atoms with Gasteiger partial charge in [0.25, 0.3) is 5.91 Å². The molecule has 0 aliphatic carbocycles. The van der Waals surface area contributed by atoms with Crippen LogP contribution in [0.3, 0.4) is 0 Å². The molecule has 0 saturated carbocycles. The fourth-order valence-corrected chi connectivity index (χ4v) is 3.54. The number of carbonyl (C=O) groups excluding carboxylic acids is 1. The first-order valence-corrected chi connectivity index (χ1v) is 9.37. The minimum atomic E-state index is -0.237. The van der Waals surface area contributed by atoms with Crippen molar-refractivity contribution in [3.8, 4) is 17.7 Å². The Hall–Kier alpha value is -3.01. The van der Waals surface area contributed by atoms with Crippen molar-refractivity contribution in [2.45, 2.75) is 51.3 Å². The molecule has 2 aliphatic heterocycles. The number of hydrogen-bond donors (Lipinski definition) is 1. The molecule has 2 atom stereocenters. The lowest BCUT2D eigenvalue weighted by atomic mass is 10.0. The highest BCUT2D eigenvalue weighted by Crippen LogP contribution is 2.27. The molecule has 1 amide bonds. The number of ether oxygens (including phenoxy) is 2. The summed E-state index contributed by atoms with van der Waals surface area (Å²) in [5, 5.41) is 16.4. The van der Waals surface area contributed by atoms with Crippen LogP contribution >= 0.6 is 0 Å². The Morgan fingerprint density at radius 2 is 2.33 bits per heavy atom. The summed E-state index contributed by atoms with van der Waals surface area (Å²) in [6.45, 7) is 3.25. The summed E-state index contributed by atoms with van der Waals surface area (Å²) in [6.07, 6.45) is 4.05. The number of fused-ring (bicyclic) bond motifs is 2. The van der Waals surface area contributed by atoms with Gasteiger partial charge in [-0.3, -0.25) is 4.79 Å². The van der Waals surface area contributed by atoms with E-state index < -0.39 is 0 Å². The van der Waals surface area contributed by atoms with Crippen molar-refractivity contribution in [1.82, 2.24) is 15.1 Å². The van der Waals surface area contributed by atoms with Crippen molar-refractivity contribution in [3.63, 3.8) is 0 Å². The van der Waals surface area contributed by atoms with Crippen LogP contribution in [0.5, 0.6) is 11.6 Å². The Labute approximate surface area is 157 Å². The van der Waals surface area contributed by atoms with Gasteiger partial charge in [0.15, 0.2) is 5.69 Å². The molecule has 4 rings (SSSR count). The van der Waals surface area contributed by atoms with Crippen molar-refractivity contribution in [2.75, 3.05) is 6.61 Å². The maximum Gasteiger partial charge on any atom is 0.272 e. The summed E-state index contributed by atoms with van der Waals surface area (Å²) in [6, 6.07) is 9.02. The van der Waals surface area contributed by atoms with Crippen LogP contribution in [0.15, 0.2) is 24.3 Å². The summed E-state index contributed by atoms with van der Waals surface area (Å²) in [4.78, 5) is 12.6. The summed E-state index contributed by atoms with van der Waals surface area (Å²) >= 11 is 0. The quantitative estimate of drug-likeness (QED) is 0.878. The normalized spacial score (nSPS) is 20.0. The maximum atomic E-state index is 12.6. The smallest absolute Gasteiger partial charge is 0.272 e. The monoisotopic (exact) mass is 366 g/mol. The van der Waals surface area contributed by atoms with Gasteiger partial charge in [0.2, 0.25) is 5.88 Å². The van der Waals surface area contributed by atoms with Crippen LogP contribution in [0, 0.1) is 11.3 Å². The van der Waals surface area contributed by atoms with E-state index >= 15 is 0 Å². The van der Waals surface area contributed by atoms with Gasteiger partial charge in [-0.25, -0.2) is 4.68 Å². The number of nitrogens with one attached hydrogen (secondary N) is 1. The van der Waals surface area contributed by atoms with Crippen LogP contribution in [0.25, 0.3) is 0 Å². The van der Waals surface area contributed by atoms with Gasteiger partial charge in [-0.2, -0.15) is 10.4 Å². The number of amides is 1. The Kier molecular flexibility index (Phi) is 4.71. The predicted octanol–water partition coefficient (Wildman–Crippen LogP) is 2.44. The maximum absolute atomic E-state index is 12.6. The predicted molar refractivity (Wildman–Crippen MR) is 97.8 cm³/mol. The largest absolute Gasteiger partial charge is 0.491 e. The van der Waals surface area contributed by atoms with E-state index in [9.17, 15) is 4.79 Å². The molecule has 2 aromatic rings. The van der Waals surface area contributed by atoms with Crippen LogP contribution < -0.4 is 14.8 Å². The van der Waals surface area contributed by atoms with E-state index in [0.29, 0.717) is 36.7 Å². The molecule has 7 nitrogen and oxygen atoms in total. The summed E-state index contributed by atoms with van der Waals surface area (Å²) in [5.74, 6) is 1.19. The highest BCUT2D eigenvalue weighted by molar-refractivity contribution is 5.92. The molecule has 3 heterocycles. The Morgan fingerprint density at radius 1 is 1.44 bits per heavy atom. The number of carbonyl (C=O) groups is 1. The highest BCUT2D eigenvalue weighted by Gasteiger charge is 2.28. The SMILES string of the molecule is CCCCC1Cn2nc(C(=O)NC3COc4ccc(C#N)cc4C3)cc2O1. The van der Waals surface area contributed by atoms with Gasteiger partial charge >= 0.3 is 0 Å². The van der Waals surface area contributed by atoms with Crippen LogP contribution in [-0.2, 0) is 13.0 Å². The molecular formula is C20H22N4O3. The van der Waals surface area contributed by atoms with E-state index in [1.54, 1.807) is 22.9 Å². The molecule has 1 aromatic heterocycles. The third-order valence-corrected chi connectivity index (χ3v) is 4.95. The van der Waals surface area contributed by atoms with Crippen molar-refractivity contribution in [2.24, 2.45) is 0 Å². The lowest BCUT2D eigenvalue weighted by Crippen LogP contribution is -2.43. The molecule has 0 fully saturated rings. The second kappa shape index (κ2) is 7.31. The van der Waals surface area contributed by atoms with Gasteiger partial charge in [-0.05, 0) is 43.0 Å². The minimum Gasteiger partial charge on any atom is -0.491 e. The molecule has 1 aromatic carbocycles. The average Bonchev–Trinajstić information content (AvgIpc) is 3.24. The lowest BCUT2D eigenvalue weighted by Gasteiger charge is -2.26. The summed E-state index contributed by atoms with van der Waals surface area (Å²) in [7, 11) is 0. The van der Waals surface area contributed by atoms with E-state index in [4.69, 9.17) is 14.7 Å². The minimum absolute atomic E-state index is 0.155. The van der Waals surface area contributed by atoms with Gasteiger partial charge in [0.05, 0.1) is 24.2 Å². The molecule has 0 radical (unpaired) electrons. The van der Waals surface area contributed by atoms with Gasteiger partial charge in [-0.1, -0.05) is 13.3 Å². The topological polar surface area (TPSA) is 89.2 Å². The molecule has 0 bridgehead atoms. The zero-order valence-corrected chi connectivity index (χ0v) is 15.3. The third kappa shape index (κ3) is 3.61. The Bertz CT molecular complexity index is 876. The summed E-state index contributed by atoms with van der Waals surface area (Å²) < 4.78 is 13.3. The molecule has 0 saturated heterocycles. The van der Waals surface area contributed by atoms with E-state index in [-0.39, 0.29) is 18.1 Å². The molecule has 2 aliphatic rings. The second-order valence-electron chi connectivity index (χ2n) is 7.05. The Morgan fingerprint density at radius 3 is 3.11 bits per heavy atom. The zero-order valence-electron chi connectivity index (χ0n) is 15.3. The van der Waals surface area contributed by atoms with Crippen LogP contribution in [0.4, 0.5) is 0 Å². The number of nitrogens with zero attached hydrogens (tertiary/aromatic N) is 3. The zero-order chi connectivity index (χ0) is 18.8. The highest BCUT2D eigenvalue weighted by atomic mass is 16.5. The molecule has 140 valence electrons. The fraction of sp³-hybridized carbons (Fsp3) is 0.450. The number of nitriles is 1. The van der Waals surface area contributed by atoms with Crippen molar-refractivity contribution in [3.05, 3.63) is 41.1 Å². The fourth-order valence-electron chi connectivity index (χ4n) is 3.54. The Balaban J connectivity index is 1.37. The van der Waals surface area contributed by atoms with Crippen molar-refractivity contribution < 1.29 is 14.3 Å². The van der Waals surface area contributed by atoms with E-state index in [1.165, 1.54) is 0 Å². The number of hydrogen-bond acceptors (Lipinski definition) is 5. The second-order valence-corrected chi connectivity index (χ2v) is 7.05. The van der Waals surface area contributed by atoms with Crippen LogP contribution in [0.1, 0.15) is 47.8 Å². The first-order chi connectivity index (χ1) is 13.2. The van der Waals surface area contributed by atoms with Crippen LogP contribution in [-0.4, -0.2) is 34.4 Å². The van der Waals surface area contributed by atoms with Crippen LogP contribution in [0.2, 0.25) is 0 Å². The number of benzene rings is 1. The van der Waals surface area contributed by atoms with E-state index in [2.05, 4.69) is 23.4 Å². The van der Waals surface area contributed by atoms with Gasteiger partial charge in [-0.15, -0.1) is 0 Å². The standard InChI is InChI=1S/C20H22N4O3/c1-2-3-4-16-11-24-19(27-16)9-17(23-24)20(25)22-15-8-14-7-13(10-21)5-6-18(14)26-12-15/h5-7,9,15-16H,2-4,8,11-12H2,1H3,(H,22,25). The molecule has 0 spiro atoms. The molecular weight excluding hydrogens is 344 g/mol. The molecule has 2 unspecified atom stereocenters. The van der Waals surface area contributed by atoms with E-state index in [0.717, 1.165) is 30.6 Å². The lowest BCUT2D eigenvalue weighted by molar-refractivity contribution is 0.0908. The summed E-state index contributed by atoms with van der Waals surface area (Å²) in [5.41, 5.74) is 1.88. The van der Waals surface area contributed by atoms with Gasteiger partial charge in [0, 0.05) is 6.07 Å². The van der Waals surface area contributed by atoms with Crippen molar-refractivity contribution in [1.29, 1.82) is 5.26 Å². The first kappa shape index (κ1) is 17.4. The molecule has 7 heteroatoms. The number of aromatic nitrogens is 2.